The molecular weight excluding hydrogens is 183 g/mol. The topological polar surface area (TPSA) is 20.3 Å². The zero-order valence-corrected chi connectivity index (χ0v) is 7.10. The van der Waals surface area contributed by atoms with E-state index in [0.717, 1.165) is 19.1 Å². The smallest absolute Gasteiger partial charge is 0.302 e. The Morgan fingerprint density at radius 1 is 1.31 bits per heavy atom. The van der Waals surface area contributed by atoms with Gasteiger partial charge in [0, 0.05) is 6.54 Å². The summed E-state index contributed by atoms with van der Waals surface area (Å²) in [5, 5.41) is 0. The van der Waals surface area contributed by atoms with Crippen LogP contribution in [0.4, 0.5) is 13.2 Å². The number of hydrogen-bond acceptors (Lipinski definition) is 2. The van der Waals surface area contributed by atoms with Crippen LogP contribution >= 0.6 is 0 Å². The lowest BCUT2D eigenvalue weighted by Gasteiger charge is -2.20. The Labute approximate surface area is 74.7 Å². The van der Waals surface area contributed by atoms with Gasteiger partial charge < -0.3 is 4.90 Å². The minimum atomic E-state index is -4.44. The van der Waals surface area contributed by atoms with Crippen molar-refractivity contribution in [2.75, 3.05) is 19.6 Å². The van der Waals surface area contributed by atoms with Crippen molar-refractivity contribution in [3.8, 4) is 0 Å². The summed E-state index contributed by atoms with van der Waals surface area (Å²) in [5.41, 5.74) is 0. The molecule has 0 N–H and O–H groups in total. The molecule has 1 atom stereocenters. The third-order valence-electron chi connectivity index (χ3n) is 2.18. The highest BCUT2D eigenvalue weighted by atomic mass is 19.4. The Hall–Kier alpha value is -0.580. The van der Waals surface area contributed by atoms with Crippen LogP contribution in [-0.2, 0) is 4.79 Å². The Bertz CT molecular complexity index is 175. The van der Waals surface area contributed by atoms with Crippen LogP contribution < -0.4 is 0 Å². The van der Waals surface area contributed by atoms with Gasteiger partial charge in [-0.25, -0.2) is 0 Å². The van der Waals surface area contributed by atoms with Crippen LogP contribution in [0.15, 0.2) is 0 Å². The molecule has 2 nitrogen and oxygen atoms in total. The van der Waals surface area contributed by atoms with Gasteiger partial charge in [0.15, 0.2) is 0 Å². The Balaban J connectivity index is 2.43. The molecule has 1 aliphatic rings. The number of alkyl halides is 3. The maximum Gasteiger partial charge on any atom is 0.400 e. The van der Waals surface area contributed by atoms with Crippen LogP contribution in [-0.4, -0.2) is 37.0 Å². The van der Waals surface area contributed by atoms with E-state index in [1.807, 2.05) is 0 Å². The second-order valence-electron chi connectivity index (χ2n) is 3.22. The number of nitrogens with zero attached hydrogens (tertiary/aromatic N) is 1. The summed E-state index contributed by atoms with van der Waals surface area (Å²) in [4.78, 5) is 11.7. The van der Waals surface area contributed by atoms with Gasteiger partial charge >= 0.3 is 6.18 Å². The van der Waals surface area contributed by atoms with Gasteiger partial charge in [0.1, 0.15) is 5.92 Å². The molecule has 0 spiro atoms. The van der Waals surface area contributed by atoms with Gasteiger partial charge in [0.05, 0.1) is 0 Å². The number of hydrogen-bond donors (Lipinski definition) is 0. The summed E-state index contributed by atoms with van der Waals surface area (Å²) in [6.45, 7) is 1.09. The molecule has 0 bridgehead atoms. The van der Waals surface area contributed by atoms with Gasteiger partial charge in [-0.05, 0) is 25.9 Å². The van der Waals surface area contributed by atoms with E-state index in [1.54, 1.807) is 4.90 Å². The number of halogens is 3. The summed E-state index contributed by atoms with van der Waals surface area (Å²) in [5.74, 6) is -1.94. The maximum atomic E-state index is 12.1. The molecule has 0 aliphatic carbocycles. The van der Waals surface area contributed by atoms with E-state index < -0.39 is 12.1 Å². The minimum Gasteiger partial charge on any atom is -0.302 e. The van der Waals surface area contributed by atoms with Crippen LogP contribution in [0.1, 0.15) is 12.8 Å². The van der Waals surface area contributed by atoms with Crippen molar-refractivity contribution < 1.29 is 18.0 Å². The van der Waals surface area contributed by atoms with Crippen molar-refractivity contribution in [3.05, 3.63) is 0 Å². The quantitative estimate of drug-likeness (QED) is 0.676. The summed E-state index contributed by atoms with van der Waals surface area (Å²) in [7, 11) is 0. The summed E-state index contributed by atoms with van der Waals surface area (Å²) in [6, 6.07) is 0. The highest BCUT2D eigenvalue weighted by molar-refractivity contribution is 5.56. The van der Waals surface area contributed by atoms with Crippen molar-refractivity contribution >= 4 is 6.29 Å². The van der Waals surface area contributed by atoms with Gasteiger partial charge in [0.25, 0.3) is 0 Å². The van der Waals surface area contributed by atoms with Crippen LogP contribution in [0, 0.1) is 5.92 Å². The van der Waals surface area contributed by atoms with E-state index in [1.165, 1.54) is 0 Å². The van der Waals surface area contributed by atoms with Crippen molar-refractivity contribution in [1.82, 2.24) is 4.90 Å². The average Bonchev–Trinajstić information content (AvgIpc) is 2.49. The lowest BCUT2D eigenvalue weighted by Crippen LogP contribution is -2.36. The van der Waals surface area contributed by atoms with E-state index in [9.17, 15) is 18.0 Å². The molecule has 1 radical (unpaired) electrons. The number of carbonyl (C=O) groups excluding carboxylic acids is 1. The van der Waals surface area contributed by atoms with Crippen LogP contribution in [0.5, 0.6) is 0 Å². The summed E-state index contributed by atoms with van der Waals surface area (Å²) in [6.07, 6.45) is -1.55. The first-order valence-corrected chi connectivity index (χ1v) is 4.21. The molecule has 75 valence electrons. The lowest BCUT2D eigenvalue weighted by molar-refractivity contribution is -0.159. The van der Waals surface area contributed by atoms with E-state index in [0.29, 0.717) is 13.1 Å². The molecule has 5 heteroatoms. The lowest BCUT2D eigenvalue weighted by atomic mass is 10.1. The zero-order chi connectivity index (χ0) is 9.90. The van der Waals surface area contributed by atoms with E-state index >= 15 is 0 Å². The van der Waals surface area contributed by atoms with Crippen molar-refractivity contribution in [2.24, 2.45) is 5.92 Å². The standard InChI is InChI=1S/C8H11F3NO/c9-8(10,11)7(6-13)5-12-3-1-2-4-12/h7H,1-5H2/t7-/m0/s1. The molecule has 1 aliphatic heterocycles. The van der Waals surface area contributed by atoms with Gasteiger partial charge in [-0.1, -0.05) is 0 Å². The normalized spacial score (nSPS) is 21.8. The summed E-state index contributed by atoms with van der Waals surface area (Å²) >= 11 is 0. The fourth-order valence-corrected chi connectivity index (χ4v) is 1.43. The maximum absolute atomic E-state index is 12.1. The number of rotatable bonds is 3. The average molecular weight is 194 g/mol. The Kier molecular flexibility index (Phi) is 3.30. The van der Waals surface area contributed by atoms with E-state index in [4.69, 9.17) is 0 Å². The predicted octanol–water partition coefficient (Wildman–Crippen LogP) is 1.37. The molecule has 13 heavy (non-hydrogen) atoms. The van der Waals surface area contributed by atoms with Crippen molar-refractivity contribution in [2.45, 2.75) is 19.0 Å². The second-order valence-corrected chi connectivity index (χ2v) is 3.22. The molecule has 0 saturated carbocycles. The molecule has 0 aromatic carbocycles. The number of likely N-dealkylation sites (tertiary alicyclic amines) is 1. The molecule has 0 aromatic rings. The van der Waals surface area contributed by atoms with Crippen LogP contribution in [0.3, 0.4) is 0 Å². The van der Waals surface area contributed by atoms with Crippen molar-refractivity contribution in [1.29, 1.82) is 0 Å². The highest BCUT2D eigenvalue weighted by Crippen LogP contribution is 2.26. The van der Waals surface area contributed by atoms with Crippen molar-refractivity contribution in [3.63, 3.8) is 0 Å². The monoisotopic (exact) mass is 194 g/mol. The molecule has 1 heterocycles. The fourth-order valence-electron chi connectivity index (χ4n) is 1.43. The first-order chi connectivity index (χ1) is 6.04. The van der Waals surface area contributed by atoms with Crippen LogP contribution in [0.2, 0.25) is 0 Å². The SMILES string of the molecule is O=[C][C@H](CN1CCCC1)C(F)(F)F. The molecule has 1 fully saturated rings. The van der Waals surface area contributed by atoms with Gasteiger partial charge in [-0.15, -0.1) is 0 Å². The Morgan fingerprint density at radius 3 is 2.23 bits per heavy atom. The molecule has 1 saturated heterocycles. The third kappa shape index (κ3) is 2.99. The van der Waals surface area contributed by atoms with Gasteiger partial charge in [-0.2, -0.15) is 13.2 Å². The molecular formula is C8H11F3NO. The first kappa shape index (κ1) is 10.5. The largest absolute Gasteiger partial charge is 0.400 e. The molecule has 1 rings (SSSR count). The zero-order valence-electron chi connectivity index (χ0n) is 7.10. The highest BCUT2D eigenvalue weighted by Gasteiger charge is 2.41. The van der Waals surface area contributed by atoms with E-state index in [2.05, 4.69) is 0 Å². The molecule has 0 amide bonds. The van der Waals surface area contributed by atoms with E-state index in [-0.39, 0.29) is 6.54 Å². The van der Waals surface area contributed by atoms with Crippen LogP contribution in [0.25, 0.3) is 0 Å². The van der Waals surface area contributed by atoms with Gasteiger partial charge in [0.2, 0.25) is 6.29 Å². The Morgan fingerprint density at radius 2 is 1.85 bits per heavy atom. The minimum absolute atomic E-state index is 0.229. The first-order valence-electron chi connectivity index (χ1n) is 4.21. The second kappa shape index (κ2) is 4.09. The molecule has 0 aromatic heterocycles. The predicted molar refractivity (Wildman–Crippen MR) is 40.9 cm³/mol. The third-order valence-corrected chi connectivity index (χ3v) is 2.18. The van der Waals surface area contributed by atoms with Gasteiger partial charge in [-0.3, -0.25) is 4.79 Å². The summed E-state index contributed by atoms with van der Waals surface area (Å²) < 4.78 is 36.3. The fraction of sp³-hybridized carbons (Fsp3) is 0.875. The molecule has 0 unspecified atom stereocenters.